The SMILES string of the molecule is COCc1cc(N)nc(C(C)(C)c2ccc(F)cc2)n1. The molecule has 0 aliphatic carbocycles. The van der Waals surface area contributed by atoms with Gasteiger partial charge in [-0.2, -0.15) is 0 Å². The molecule has 2 rings (SSSR count). The summed E-state index contributed by atoms with van der Waals surface area (Å²) < 4.78 is 18.1. The van der Waals surface area contributed by atoms with E-state index in [4.69, 9.17) is 10.5 Å². The average Bonchev–Trinajstić information content (AvgIpc) is 2.39. The van der Waals surface area contributed by atoms with E-state index in [0.717, 1.165) is 11.3 Å². The summed E-state index contributed by atoms with van der Waals surface area (Å²) in [5, 5.41) is 0. The molecule has 0 spiro atoms. The van der Waals surface area contributed by atoms with Crippen molar-refractivity contribution < 1.29 is 9.13 Å². The Hall–Kier alpha value is -2.01. The molecule has 4 nitrogen and oxygen atoms in total. The predicted molar refractivity (Wildman–Crippen MR) is 75.7 cm³/mol. The highest BCUT2D eigenvalue weighted by atomic mass is 19.1. The topological polar surface area (TPSA) is 61.0 Å². The minimum atomic E-state index is -0.467. The molecule has 0 unspecified atom stereocenters. The first kappa shape index (κ1) is 14.4. The zero-order valence-electron chi connectivity index (χ0n) is 11.9. The third-order valence-corrected chi connectivity index (χ3v) is 3.22. The lowest BCUT2D eigenvalue weighted by molar-refractivity contribution is 0.181. The number of rotatable bonds is 4. The lowest BCUT2D eigenvalue weighted by Crippen LogP contribution is -2.23. The van der Waals surface area contributed by atoms with Gasteiger partial charge >= 0.3 is 0 Å². The molecule has 1 aromatic carbocycles. The molecular weight excluding hydrogens is 257 g/mol. The van der Waals surface area contributed by atoms with Crippen molar-refractivity contribution in [2.45, 2.75) is 25.9 Å². The van der Waals surface area contributed by atoms with Crippen LogP contribution in [0.2, 0.25) is 0 Å². The smallest absolute Gasteiger partial charge is 0.141 e. The zero-order valence-corrected chi connectivity index (χ0v) is 11.9. The lowest BCUT2D eigenvalue weighted by atomic mass is 9.83. The van der Waals surface area contributed by atoms with Crippen LogP contribution >= 0.6 is 0 Å². The van der Waals surface area contributed by atoms with Gasteiger partial charge in [-0.1, -0.05) is 12.1 Å². The Bertz CT molecular complexity index is 597. The highest BCUT2D eigenvalue weighted by Gasteiger charge is 2.27. The van der Waals surface area contributed by atoms with Crippen molar-refractivity contribution in [3.63, 3.8) is 0 Å². The van der Waals surface area contributed by atoms with Crippen LogP contribution < -0.4 is 5.73 Å². The summed E-state index contributed by atoms with van der Waals surface area (Å²) in [4.78, 5) is 8.79. The lowest BCUT2D eigenvalue weighted by Gasteiger charge is -2.24. The van der Waals surface area contributed by atoms with Gasteiger partial charge in [0.2, 0.25) is 0 Å². The highest BCUT2D eigenvalue weighted by Crippen LogP contribution is 2.29. The summed E-state index contributed by atoms with van der Waals surface area (Å²) in [5.41, 5.74) is 7.01. The number of methoxy groups -OCH3 is 1. The van der Waals surface area contributed by atoms with Crippen molar-refractivity contribution >= 4 is 5.82 Å². The van der Waals surface area contributed by atoms with Gasteiger partial charge in [0.05, 0.1) is 12.3 Å². The molecular formula is C15H18FN3O. The Morgan fingerprint density at radius 2 is 1.85 bits per heavy atom. The van der Waals surface area contributed by atoms with E-state index < -0.39 is 5.41 Å². The molecule has 0 radical (unpaired) electrons. The molecule has 5 heteroatoms. The van der Waals surface area contributed by atoms with Crippen LogP contribution in [-0.2, 0) is 16.8 Å². The molecule has 1 aromatic heterocycles. The Morgan fingerprint density at radius 1 is 1.20 bits per heavy atom. The quantitative estimate of drug-likeness (QED) is 0.932. The average molecular weight is 275 g/mol. The first-order valence-corrected chi connectivity index (χ1v) is 6.32. The fourth-order valence-electron chi connectivity index (χ4n) is 2.02. The van der Waals surface area contributed by atoms with Crippen LogP contribution in [0.5, 0.6) is 0 Å². The zero-order chi connectivity index (χ0) is 14.8. The second-order valence-electron chi connectivity index (χ2n) is 5.17. The molecule has 0 amide bonds. The Kier molecular flexibility index (Phi) is 3.99. The molecule has 2 N–H and O–H groups in total. The van der Waals surface area contributed by atoms with Crippen molar-refractivity contribution in [1.29, 1.82) is 0 Å². The van der Waals surface area contributed by atoms with Gasteiger partial charge in [0, 0.05) is 18.6 Å². The molecule has 1 heterocycles. The van der Waals surface area contributed by atoms with Crippen molar-refractivity contribution in [3.05, 3.63) is 53.2 Å². The maximum absolute atomic E-state index is 13.0. The number of nitrogens with two attached hydrogens (primary N) is 1. The molecule has 0 aliphatic rings. The molecule has 106 valence electrons. The van der Waals surface area contributed by atoms with Crippen LogP contribution in [0.15, 0.2) is 30.3 Å². The van der Waals surface area contributed by atoms with Crippen LogP contribution in [0.3, 0.4) is 0 Å². The van der Waals surface area contributed by atoms with E-state index in [1.807, 2.05) is 13.8 Å². The summed E-state index contributed by atoms with van der Waals surface area (Å²) in [6.45, 7) is 4.33. The number of hydrogen-bond donors (Lipinski definition) is 1. The Balaban J connectivity index is 2.45. The number of halogens is 1. The molecule has 0 saturated heterocycles. The number of ether oxygens (including phenoxy) is 1. The first-order valence-electron chi connectivity index (χ1n) is 6.32. The molecule has 0 aliphatic heterocycles. The Labute approximate surface area is 117 Å². The monoisotopic (exact) mass is 275 g/mol. The summed E-state index contributed by atoms with van der Waals surface area (Å²) in [5.74, 6) is 0.728. The van der Waals surface area contributed by atoms with E-state index in [9.17, 15) is 4.39 Å². The molecule has 0 saturated carbocycles. The second kappa shape index (κ2) is 5.54. The van der Waals surface area contributed by atoms with Crippen molar-refractivity contribution in [3.8, 4) is 0 Å². The molecule has 0 atom stereocenters. The molecule has 0 bridgehead atoms. The van der Waals surface area contributed by atoms with Gasteiger partial charge < -0.3 is 10.5 Å². The van der Waals surface area contributed by atoms with Crippen molar-refractivity contribution in [2.24, 2.45) is 0 Å². The van der Waals surface area contributed by atoms with Crippen LogP contribution in [-0.4, -0.2) is 17.1 Å². The minimum Gasteiger partial charge on any atom is -0.384 e. The van der Waals surface area contributed by atoms with Crippen LogP contribution in [0.4, 0.5) is 10.2 Å². The van der Waals surface area contributed by atoms with Gasteiger partial charge in [-0.05, 0) is 31.5 Å². The molecule has 2 aromatic rings. The minimum absolute atomic E-state index is 0.266. The number of benzene rings is 1. The fraction of sp³-hybridized carbons (Fsp3) is 0.333. The van der Waals surface area contributed by atoms with Gasteiger partial charge in [0.1, 0.15) is 17.5 Å². The van der Waals surface area contributed by atoms with E-state index in [0.29, 0.717) is 18.2 Å². The number of anilines is 1. The van der Waals surface area contributed by atoms with E-state index in [-0.39, 0.29) is 5.82 Å². The standard InChI is InChI=1S/C15H18FN3O/c1-15(2,10-4-6-11(16)7-5-10)14-18-12(9-20-3)8-13(17)19-14/h4-8H,9H2,1-3H3,(H2,17,18,19). The predicted octanol–water partition coefficient (Wildman–Crippen LogP) is 2.67. The maximum atomic E-state index is 13.0. The maximum Gasteiger partial charge on any atom is 0.141 e. The van der Waals surface area contributed by atoms with Gasteiger partial charge in [0.15, 0.2) is 0 Å². The summed E-state index contributed by atoms with van der Waals surface area (Å²) in [6, 6.07) is 8.02. The number of hydrogen-bond acceptors (Lipinski definition) is 4. The largest absolute Gasteiger partial charge is 0.384 e. The molecule has 20 heavy (non-hydrogen) atoms. The fourth-order valence-corrected chi connectivity index (χ4v) is 2.02. The Morgan fingerprint density at radius 3 is 2.45 bits per heavy atom. The first-order chi connectivity index (χ1) is 9.43. The van der Waals surface area contributed by atoms with Crippen molar-refractivity contribution in [1.82, 2.24) is 9.97 Å². The van der Waals surface area contributed by atoms with E-state index >= 15 is 0 Å². The van der Waals surface area contributed by atoms with Gasteiger partial charge in [-0.25, -0.2) is 14.4 Å². The number of aromatic nitrogens is 2. The van der Waals surface area contributed by atoms with E-state index in [1.165, 1.54) is 12.1 Å². The summed E-state index contributed by atoms with van der Waals surface area (Å²) >= 11 is 0. The molecule has 0 fully saturated rings. The van der Waals surface area contributed by atoms with Gasteiger partial charge in [-0.15, -0.1) is 0 Å². The third kappa shape index (κ3) is 2.93. The van der Waals surface area contributed by atoms with Crippen LogP contribution in [0, 0.1) is 5.82 Å². The highest BCUT2D eigenvalue weighted by molar-refractivity contribution is 5.36. The van der Waals surface area contributed by atoms with Crippen molar-refractivity contribution in [2.75, 3.05) is 12.8 Å². The second-order valence-corrected chi connectivity index (χ2v) is 5.17. The summed E-state index contributed by atoms with van der Waals surface area (Å²) in [6.07, 6.45) is 0. The third-order valence-electron chi connectivity index (χ3n) is 3.22. The van der Waals surface area contributed by atoms with E-state index in [2.05, 4.69) is 9.97 Å². The summed E-state index contributed by atoms with van der Waals surface area (Å²) in [7, 11) is 1.60. The van der Waals surface area contributed by atoms with Gasteiger partial charge in [-0.3, -0.25) is 0 Å². The van der Waals surface area contributed by atoms with E-state index in [1.54, 1.807) is 25.3 Å². The van der Waals surface area contributed by atoms with Crippen LogP contribution in [0.25, 0.3) is 0 Å². The van der Waals surface area contributed by atoms with Crippen LogP contribution in [0.1, 0.15) is 30.9 Å². The number of nitrogens with zero attached hydrogens (tertiary/aromatic N) is 2. The van der Waals surface area contributed by atoms with Gasteiger partial charge in [0.25, 0.3) is 0 Å². The number of nitrogen functional groups attached to an aromatic ring is 1. The normalized spacial score (nSPS) is 11.6.